The molecule has 0 aliphatic rings. The third-order valence-corrected chi connectivity index (χ3v) is 2.97. The van der Waals surface area contributed by atoms with Crippen molar-refractivity contribution in [1.29, 1.82) is 0 Å². The third-order valence-electron chi connectivity index (χ3n) is 2.43. The highest BCUT2D eigenvalue weighted by atomic mass is 79.9. The summed E-state index contributed by atoms with van der Waals surface area (Å²) in [6.45, 7) is 3.71. The summed E-state index contributed by atoms with van der Waals surface area (Å²) >= 11 is 3.30. The van der Waals surface area contributed by atoms with Gasteiger partial charge in [0.15, 0.2) is 0 Å². The number of rotatable bonds is 2. The summed E-state index contributed by atoms with van der Waals surface area (Å²) in [4.78, 5) is 8.42. The number of aryl methyl sites for hydroxylation is 1. The van der Waals surface area contributed by atoms with Gasteiger partial charge in [-0.3, -0.25) is 0 Å². The summed E-state index contributed by atoms with van der Waals surface area (Å²) in [7, 11) is 1.55. The van der Waals surface area contributed by atoms with Crippen LogP contribution >= 0.6 is 15.9 Å². The van der Waals surface area contributed by atoms with Gasteiger partial charge >= 0.3 is 0 Å². The normalized spacial score (nSPS) is 10.6. The second-order valence-corrected chi connectivity index (χ2v) is 4.38. The molecule has 0 aliphatic heterocycles. The number of aromatic nitrogens is 4. The highest BCUT2D eigenvalue weighted by molar-refractivity contribution is 9.10. The van der Waals surface area contributed by atoms with Crippen LogP contribution in [0.15, 0.2) is 10.7 Å². The maximum absolute atomic E-state index is 5.86. The van der Waals surface area contributed by atoms with Gasteiger partial charge < -0.3 is 10.5 Å². The van der Waals surface area contributed by atoms with E-state index >= 15 is 0 Å². The van der Waals surface area contributed by atoms with Crippen molar-refractivity contribution in [3.8, 4) is 11.8 Å². The van der Waals surface area contributed by atoms with E-state index in [1.165, 1.54) is 0 Å². The first kappa shape index (κ1) is 11.8. The molecule has 2 heterocycles. The minimum Gasteiger partial charge on any atom is -0.480 e. The molecule has 0 aliphatic carbocycles. The van der Waals surface area contributed by atoms with Crippen LogP contribution in [0.4, 0.5) is 5.69 Å². The zero-order valence-corrected chi connectivity index (χ0v) is 11.3. The van der Waals surface area contributed by atoms with E-state index in [-0.39, 0.29) is 0 Å². The fraction of sp³-hybridized carbons (Fsp3) is 0.300. The van der Waals surface area contributed by atoms with Gasteiger partial charge in [-0.1, -0.05) is 0 Å². The summed E-state index contributed by atoms with van der Waals surface area (Å²) < 4.78 is 7.40. The predicted octanol–water partition coefficient (Wildman–Crippen LogP) is 1.63. The number of hydrogen-bond acceptors (Lipinski definition) is 5. The summed E-state index contributed by atoms with van der Waals surface area (Å²) in [5.74, 6) is 0.892. The van der Waals surface area contributed by atoms with Crippen molar-refractivity contribution < 1.29 is 4.74 Å². The molecule has 0 radical (unpaired) electrons. The molecule has 0 saturated carbocycles. The van der Waals surface area contributed by atoms with Gasteiger partial charge in [0.25, 0.3) is 5.95 Å². The van der Waals surface area contributed by atoms with Gasteiger partial charge in [-0.05, 0) is 29.8 Å². The Morgan fingerprint density at radius 2 is 2.12 bits per heavy atom. The van der Waals surface area contributed by atoms with Gasteiger partial charge in [0, 0.05) is 0 Å². The smallest absolute Gasteiger partial charge is 0.254 e. The number of halogens is 1. The first-order valence-electron chi connectivity index (χ1n) is 4.93. The SMILES string of the molecule is COc1nc(-n2nc(C)c(N)c2C)ncc1Br. The van der Waals surface area contributed by atoms with E-state index in [1.54, 1.807) is 18.0 Å². The van der Waals surface area contributed by atoms with Crippen LogP contribution in [-0.4, -0.2) is 26.9 Å². The Morgan fingerprint density at radius 1 is 1.41 bits per heavy atom. The predicted molar refractivity (Wildman–Crippen MR) is 67.3 cm³/mol. The molecule has 0 saturated heterocycles. The number of nitrogens with two attached hydrogens (primary N) is 1. The molecule has 2 N–H and O–H groups in total. The molecule has 0 spiro atoms. The van der Waals surface area contributed by atoms with Crippen molar-refractivity contribution in [3.05, 3.63) is 22.1 Å². The van der Waals surface area contributed by atoms with Crippen LogP contribution in [0.1, 0.15) is 11.4 Å². The van der Waals surface area contributed by atoms with Gasteiger partial charge in [0.1, 0.15) is 0 Å². The number of hydrogen-bond donors (Lipinski definition) is 1. The van der Waals surface area contributed by atoms with Gasteiger partial charge in [-0.15, -0.1) is 0 Å². The van der Waals surface area contributed by atoms with Crippen LogP contribution in [0.5, 0.6) is 5.88 Å². The monoisotopic (exact) mass is 297 g/mol. The number of anilines is 1. The van der Waals surface area contributed by atoms with Crippen LogP contribution in [-0.2, 0) is 0 Å². The second-order valence-electron chi connectivity index (χ2n) is 3.52. The molecule has 0 amide bonds. The molecule has 2 aromatic rings. The number of nitrogens with zero attached hydrogens (tertiary/aromatic N) is 4. The summed E-state index contributed by atoms with van der Waals surface area (Å²) in [5.41, 5.74) is 8.08. The lowest BCUT2D eigenvalue weighted by molar-refractivity contribution is 0.392. The number of ether oxygens (including phenoxy) is 1. The van der Waals surface area contributed by atoms with E-state index in [4.69, 9.17) is 10.5 Å². The summed E-state index contributed by atoms with van der Waals surface area (Å²) in [6, 6.07) is 0. The molecule has 2 rings (SSSR count). The minimum absolute atomic E-state index is 0.433. The zero-order valence-electron chi connectivity index (χ0n) is 9.73. The van der Waals surface area contributed by atoms with E-state index in [9.17, 15) is 0 Å². The molecule has 90 valence electrons. The van der Waals surface area contributed by atoms with Crippen molar-refractivity contribution in [2.75, 3.05) is 12.8 Å². The van der Waals surface area contributed by atoms with Gasteiger partial charge in [0.05, 0.1) is 34.9 Å². The summed E-state index contributed by atoms with van der Waals surface area (Å²) in [6.07, 6.45) is 1.62. The van der Waals surface area contributed by atoms with Gasteiger partial charge in [-0.25, -0.2) is 9.67 Å². The number of nitrogen functional groups attached to an aromatic ring is 1. The molecule has 0 bridgehead atoms. The van der Waals surface area contributed by atoms with E-state index < -0.39 is 0 Å². The highest BCUT2D eigenvalue weighted by Crippen LogP contribution is 2.23. The maximum Gasteiger partial charge on any atom is 0.254 e. The average molecular weight is 298 g/mol. The van der Waals surface area contributed by atoms with Gasteiger partial charge in [0.2, 0.25) is 5.88 Å². The Kier molecular flexibility index (Phi) is 3.01. The standard InChI is InChI=1S/C10H12BrN5O/c1-5-8(12)6(2)16(15-5)10-13-4-7(11)9(14-10)17-3/h4H,12H2,1-3H3. The quantitative estimate of drug-likeness (QED) is 0.911. The molecule has 6 nitrogen and oxygen atoms in total. The molecule has 7 heteroatoms. The molecule has 0 aromatic carbocycles. The van der Waals surface area contributed by atoms with Crippen molar-refractivity contribution in [2.45, 2.75) is 13.8 Å². The topological polar surface area (TPSA) is 78.8 Å². The molecular formula is C10H12BrN5O. The zero-order chi connectivity index (χ0) is 12.6. The molecular weight excluding hydrogens is 286 g/mol. The van der Waals surface area contributed by atoms with Crippen LogP contribution < -0.4 is 10.5 Å². The second kappa shape index (κ2) is 4.33. The Labute approximate surface area is 107 Å². The minimum atomic E-state index is 0.433. The van der Waals surface area contributed by atoms with Crippen LogP contribution in [0.3, 0.4) is 0 Å². The fourth-order valence-corrected chi connectivity index (χ4v) is 1.79. The third kappa shape index (κ3) is 1.97. The Hall–Kier alpha value is -1.63. The van der Waals surface area contributed by atoms with Crippen molar-refractivity contribution in [1.82, 2.24) is 19.7 Å². The fourth-order valence-electron chi connectivity index (χ4n) is 1.44. The largest absolute Gasteiger partial charge is 0.480 e. The summed E-state index contributed by atoms with van der Waals surface area (Å²) in [5, 5.41) is 4.28. The van der Waals surface area contributed by atoms with Crippen LogP contribution in [0.25, 0.3) is 5.95 Å². The maximum atomic E-state index is 5.86. The van der Waals surface area contributed by atoms with Crippen molar-refractivity contribution in [2.24, 2.45) is 0 Å². The lowest BCUT2D eigenvalue weighted by atomic mass is 10.3. The molecule has 0 fully saturated rings. The molecule has 0 atom stereocenters. The van der Waals surface area contributed by atoms with Crippen molar-refractivity contribution >= 4 is 21.6 Å². The first-order chi connectivity index (χ1) is 8.04. The Balaban J connectivity index is 2.57. The lowest BCUT2D eigenvalue weighted by Gasteiger charge is -2.05. The Bertz CT molecular complexity index is 566. The molecule has 0 unspecified atom stereocenters. The first-order valence-corrected chi connectivity index (χ1v) is 5.72. The van der Waals surface area contributed by atoms with E-state index in [0.29, 0.717) is 22.0 Å². The van der Waals surface area contributed by atoms with E-state index in [1.807, 2.05) is 13.8 Å². The van der Waals surface area contributed by atoms with E-state index in [2.05, 4.69) is 31.0 Å². The van der Waals surface area contributed by atoms with Crippen LogP contribution in [0, 0.1) is 13.8 Å². The molecule has 2 aromatic heterocycles. The molecule has 17 heavy (non-hydrogen) atoms. The number of methoxy groups -OCH3 is 1. The van der Waals surface area contributed by atoms with E-state index in [0.717, 1.165) is 11.4 Å². The van der Waals surface area contributed by atoms with Gasteiger partial charge in [-0.2, -0.15) is 10.1 Å². The lowest BCUT2D eigenvalue weighted by Crippen LogP contribution is -2.06. The Morgan fingerprint density at radius 3 is 2.65 bits per heavy atom. The average Bonchev–Trinajstić information content (AvgIpc) is 2.58. The highest BCUT2D eigenvalue weighted by Gasteiger charge is 2.13. The van der Waals surface area contributed by atoms with Crippen molar-refractivity contribution in [3.63, 3.8) is 0 Å². The van der Waals surface area contributed by atoms with Crippen LogP contribution in [0.2, 0.25) is 0 Å².